The smallest absolute Gasteiger partial charge is 0.414 e. The molecule has 0 radical (unpaired) electrons. The standard InChI is InChI=1S/C26H27ClN2O5/c1-26(2,3)34-25(31)29-14-18(12-27)22-19-10-17(24(30)32-4)13-28-23(19)21(11-20(22)29)33-15-16-8-6-5-7-9-16/h5-11,13,18H,12,14-15H2,1-4H3. The molecule has 1 unspecified atom stereocenters. The maximum absolute atomic E-state index is 13.1. The van der Waals surface area contributed by atoms with Gasteiger partial charge in [0.15, 0.2) is 0 Å². The fourth-order valence-electron chi connectivity index (χ4n) is 4.03. The molecule has 2 heterocycles. The monoisotopic (exact) mass is 482 g/mol. The lowest BCUT2D eigenvalue weighted by Crippen LogP contribution is -2.36. The van der Waals surface area contributed by atoms with Gasteiger partial charge in [-0.3, -0.25) is 9.88 Å². The molecule has 0 fully saturated rings. The van der Waals surface area contributed by atoms with E-state index in [2.05, 4.69) is 4.98 Å². The van der Waals surface area contributed by atoms with Gasteiger partial charge >= 0.3 is 12.1 Å². The number of carbonyl (C=O) groups is 2. The molecule has 2 aromatic carbocycles. The van der Waals surface area contributed by atoms with E-state index in [4.69, 9.17) is 25.8 Å². The van der Waals surface area contributed by atoms with Crippen molar-refractivity contribution in [1.29, 1.82) is 0 Å². The quantitative estimate of drug-likeness (QED) is 0.344. The van der Waals surface area contributed by atoms with Crippen LogP contribution in [-0.4, -0.2) is 42.2 Å². The van der Waals surface area contributed by atoms with Crippen LogP contribution in [0.4, 0.5) is 10.5 Å². The number of aromatic nitrogens is 1. The molecular formula is C26H27ClN2O5. The van der Waals surface area contributed by atoms with Crippen LogP contribution in [0.25, 0.3) is 10.9 Å². The molecule has 1 aliphatic rings. The summed E-state index contributed by atoms with van der Waals surface area (Å²) in [6.45, 7) is 6.14. The van der Waals surface area contributed by atoms with Crippen LogP contribution in [0.2, 0.25) is 0 Å². The van der Waals surface area contributed by atoms with Gasteiger partial charge in [-0.15, -0.1) is 11.6 Å². The Bertz CT molecular complexity index is 1220. The minimum absolute atomic E-state index is 0.162. The number of amides is 1. The summed E-state index contributed by atoms with van der Waals surface area (Å²) in [5.41, 5.74) is 2.70. The first-order valence-corrected chi connectivity index (χ1v) is 11.5. The lowest BCUT2D eigenvalue weighted by atomic mass is 9.96. The number of ether oxygens (including phenoxy) is 3. The Morgan fingerprint density at radius 3 is 2.56 bits per heavy atom. The Morgan fingerprint density at radius 1 is 1.18 bits per heavy atom. The molecule has 0 saturated carbocycles. The molecule has 8 heteroatoms. The zero-order chi connectivity index (χ0) is 24.5. The van der Waals surface area contributed by atoms with Crippen molar-refractivity contribution in [3.63, 3.8) is 0 Å². The third-order valence-electron chi connectivity index (χ3n) is 5.52. The number of hydrogen-bond acceptors (Lipinski definition) is 6. The molecule has 34 heavy (non-hydrogen) atoms. The Morgan fingerprint density at radius 2 is 1.91 bits per heavy atom. The highest BCUT2D eigenvalue weighted by Gasteiger charge is 2.37. The number of methoxy groups -OCH3 is 1. The van der Waals surface area contributed by atoms with E-state index in [0.29, 0.717) is 41.1 Å². The van der Waals surface area contributed by atoms with Crippen molar-refractivity contribution >= 4 is 40.3 Å². The number of carbonyl (C=O) groups excluding carboxylic acids is 2. The molecule has 1 aromatic heterocycles. The molecule has 0 aliphatic carbocycles. The second kappa shape index (κ2) is 9.50. The molecule has 1 amide bonds. The van der Waals surface area contributed by atoms with E-state index in [1.807, 2.05) is 57.2 Å². The van der Waals surface area contributed by atoms with Gasteiger partial charge in [0, 0.05) is 36.0 Å². The first-order valence-electron chi connectivity index (χ1n) is 11.0. The van der Waals surface area contributed by atoms with E-state index in [1.54, 1.807) is 11.0 Å². The Kier molecular flexibility index (Phi) is 6.66. The number of nitrogens with zero attached hydrogens (tertiary/aromatic N) is 2. The average Bonchev–Trinajstić information content (AvgIpc) is 3.20. The number of alkyl halides is 1. The third kappa shape index (κ3) is 4.80. The summed E-state index contributed by atoms with van der Waals surface area (Å²) in [6, 6.07) is 13.3. The lowest BCUT2D eigenvalue weighted by Gasteiger charge is -2.25. The Labute approximate surface area is 203 Å². The fraction of sp³-hybridized carbons (Fsp3) is 0.346. The van der Waals surface area contributed by atoms with Gasteiger partial charge in [0.2, 0.25) is 0 Å². The number of rotatable bonds is 5. The topological polar surface area (TPSA) is 78.0 Å². The molecule has 178 valence electrons. The predicted octanol–water partition coefficient (Wildman–Crippen LogP) is 5.68. The van der Waals surface area contributed by atoms with Gasteiger partial charge in [-0.05, 0) is 38.0 Å². The largest absolute Gasteiger partial charge is 0.487 e. The highest BCUT2D eigenvalue weighted by molar-refractivity contribution is 6.19. The molecule has 3 aromatic rings. The minimum Gasteiger partial charge on any atom is -0.487 e. The van der Waals surface area contributed by atoms with Gasteiger partial charge < -0.3 is 14.2 Å². The van der Waals surface area contributed by atoms with Crippen molar-refractivity contribution in [2.45, 2.75) is 38.9 Å². The zero-order valence-corrected chi connectivity index (χ0v) is 20.4. The van der Waals surface area contributed by atoms with Gasteiger partial charge in [0.1, 0.15) is 23.5 Å². The zero-order valence-electron chi connectivity index (χ0n) is 19.6. The van der Waals surface area contributed by atoms with Crippen molar-refractivity contribution in [2.24, 2.45) is 0 Å². The second-order valence-electron chi connectivity index (χ2n) is 9.14. The molecule has 0 saturated heterocycles. The van der Waals surface area contributed by atoms with Crippen molar-refractivity contribution in [2.75, 3.05) is 24.4 Å². The predicted molar refractivity (Wildman–Crippen MR) is 131 cm³/mol. The highest BCUT2D eigenvalue weighted by atomic mass is 35.5. The summed E-state index contributed by atoms with van der Waals surface area (Å²) in [7, 11) is 1.32. The van der Waals surface area contributed by atoms with Gasteiger partial charge in [0.05, 0.1) is 18.4 Å². The first kappa shape index (κ1) is 23.8. The van der Waals surface area contributed by atoms with Crippen molar-refractivity contribution in [3.05, 3.63) is 65.4 Å². The van der Waals surface area contributed by atoms with Crippen LogP contribution in [-0.2, 0) is 16.1 Å². The summed E-state index contributed by atoms with van der Waals surface area (Å²) in [5, 5.41) is 0.695. The van der Waals surface area contributed by atoms with Crippen LogP contribution in [0.15, 0.2) is 48.7 Å². The van der Waals surface area contributed by atoms with Gasteiger partial charge in [-0.1, -0.05) is 30.3 Å². The highest BCUT2D eigenvalue weighted by Crippen LogP contribution is 2.45. The second-order valence-corrected chi connectivity index (χ2v) is 9.44. The molecular weight excluding hydrogens is 456 g/mol. The molecule has 0 spiro atoms. The molecule has 1 aliphatic heterocycles. The van der Waals surface area contributed by atoms with E-state index in [0.717, 1.165) is 11.1 Å². The van der Waals surface area contributed by atoms with Gasteiger partial charge in [0.25, 0.3) is 0 Å². The number of hydrogen-bond donors (Lipinski definition) is 0. The molecule has 4 rings (SSSR count). The van der Waals surface area contributed by atoms with Crippen LogP contribution < -0.4 is 9.64 Å². The van der Waals surface area contributed by atoms with Crippen LogP contribution in [0.5, 0.6) is 5.75 Å². The Hall–Kier alpha value is -3.32. The van der Waals surface area contributed by atoms with Gasteiger partial charge in [-0.2, -0.15) is 0 Å². The summed E-state index contributed by atoms with van der Waals surface area (Å²) in [4.78, 5) is 31.4. The fourth-order valence-corrected chi connectivity index (χ4v) is 4.28. The summed E-state index contributed by atoms with van der Waals surface area (Å²) in [6.07, 6.45) is 0.999. The number of pyridine rings is 1. The third-order valence-corrected chi connectivity index (χ3v) is 5.89. The van der Waals surface area contributed by atoms with E-state index < -0.39 is 17.7 Å². The maximum atomic E-state index is 13.1. The van der Waals surface area contributed by atoms with Crippen LogP contribution in [0.1, 0.15) is 48.2 Å². The van der Waals surface area contributed by atoms with Crippen LogP contribution >= 0.6 is 11.6 Å². The van der Waals surface area contributed by atoms with Crippen LogP contribution in [0, 0.1) is 0 Å². The van der Waals surface area contributed by atoms with E-state index >= 15 is 0 Å². The molecule has 1 atom stereocenters. The first-order chi connectivity index (χ1) is 16.2. The number of esters is 1. The number of anilines is 1. The normalized spacial score (nSPS) is 15.2. The number of fused-ring (bicyclic) bond motifs is 3. The molecule has 0 bridgehead atoms. The Balaban J connectivity index is 1.86. The average molecular weight is 483 g/mol. The van der Waals surface area contributed by atoms with Crippen LogP contribution in [0.3, 0.4) is 0 Å². The summed E-state index contributed by atoms with van der Waals surface area (Å²) in [5.74, 6) is 0.124. The van der Waals surface area contributed by atoms with E-state index in [1.165, 1.54) is 13.3 Å². The maximum Gasteiger partial charge on any atom is 0.414 e. The summed E-state index contributed by atoms with van der Waals surface area (Å²) < 4.78 is 16.7. The van der Waals surface area contributed by atoms with E-state index in [9.17, 15) is 9.59 Å². The minimum atomic E-state index is -0.653. The van der Waals surface area contributed by atoms with E-state index in [-0.39, 0.29) is 11.8 Å². The van der Waals surface area contributed by atoms with Gasteiger partial charge in [-0.25, -0.2) is 9.59 Å². The SMILES string of the molecule is COC(=O)c1cnc2c(OCc3ccccc3)cc3c(c2c1)C(CCl)CN3C(=O)OC(C)(C)C. The van der Waals surface area contributed by atoms with Crippen molar-refractivity contribution < 1.29 is 23.8 Å². The molecule has 7 nitrogen and oxygen atoms in total. The lowest BCUT2D eigenvalue weighted by molar-refractivity contribution is 0.0578. The summed E-state index contributed by atoms with van der Waals surface area (Å²) >= 11 is 6.33. The molecule has 0 N–H and O–H groups in total. The van der Waals surface area contributed by atoms with Crippen molar-refractivity contribution in [1.82, 2.24) is 4.98 Å². The number of halogens is 1. The van der Waals surface area contributed by atoms with Crippen molar-refractivity contribution in [3.8, 4) is 5.75 Å². The number of benzene rings is 2.